The second kappa shape index (κ2) is 15.6. The van der Waals surface area contributed by atoms with Crippen molar-refractivity contribution in [2.24, 2.45) is 4.99 Å². The van der Waals surface area contributed by atoms with Gasteiger partial charge in [0.1, 0.15) is 0 Å². The molecule has 0 atom stereocenters. The van der Waals surface area contributed by atoms with Gasteiger partial charge in [0, 0.05) is 29.0 Å². The fourth-order valence-corrected chi connectivity index (χ4v) is 5.17. The number of likely N-dealkylation sites (tertiary alicyclic amines) is 1. The van der Waals surface area contributed by atoms with Gasteiger partial charge in [0.2, 0.25) is 5.91 Å². The summed E-state index contributed by atoms with van der Waals surface area (Å²) < 4.78 is 0. The molecule has 0 saturated carbocycles. The van der Waals surface area contributed by atoms with Crippen LogP contribution in [0.15, 0.2) is 53.5 Å². The molecular weight excluding hydrogens is 496 g/mol. The number of rotatable bonds is 12. The number of halogens is 1. The molecule has 0 aliphatic carbocycles. The monoisotopic (exact) mass is 530 g/mol. The molecule has 7 nitrogen and oxygen atoms in total. The van der Waals surface area contributed by atoms with Gasteiger partial charge in [0.15, 0.2) is 5.17 Å². The molecule has 1 aliphatic heterocycles. The summed E-state index contributed by atoms with van der Waals surface area (Å²) in [6.07, 6.45) is 7.69. The second-order valence-corrected chi connectivity index (χ2v) is 10.5. The number of unbranched alkanes of at least 4 members (excludes halogenated alkanes) is 1. The molecule has 1 N–H and O–H groups in total. The number of nitro benzene ring substituents is 1. The number of carbonyl (C=O) groups excluding carboxylic acids is 1. The van der Waals surface area contributed by atoms with Crippen molar-refractivity contribution in [2.45, 2.75) is 51.4 Å². The number of para-hydroxylation sites is 1. The normalized spacial score (nSPS) is 14.5. The summed E-state index contributed by atoms with van der Waals surface area (Å²) in [6, 6.07) is 14.2. The number of hydrogen-bond acceptors (Lipinski definition) is 6. The molecule has 3 rings (SSSR count). The molecule has 1 amide bonds. The Hall–Kier alpha value is -2.42. The lowest BCUT2D eigenvalue weighted by Gasteiger charge is -2.26. The maximum Gasteiger partial charge on any atom is 0.273 e. The summed E-state index contributed by atoms with van der Waals surface area (Å²) in [5, 5.41) is 15.5. The molecule has 1 fully saturated rings. The van der Waals surface area contributed by atoms with Crippen LogP contribution in [-0.4, -0.2) is 52.8 Å². The number of piperidine rings is 1. The number of aryl methyl sites for hydroxylation is 1. The van der Waals surface area contributed by atoms with Crippen molar-refractivity contribution in [1.82, 2.24) is 10.2 Å². The molecule has 9 heteroatoms. The molecular formula is C27H35ClN4O3S. The first-order valence-corrected chi connectivity index (χ1v) is 14.0. The molecule has 36 heavy (non-hydrogen) atoms. The fourth-order valence-electron chi connectivity index (χ4n) is 4.21. The summed E-state index contributed by atoms with van der Waals surface area (Å²) in [5.41, 5.74) is 1.60. The molecule has 2 aromatic carbocycles. The van der Waals surface area contributed by atoms with Gasteiger partial charge in [-0.1, -0.05) is 60.1 Å². The van der Waals surface area contributed by atoms with Crippen LogP contribution in [0.25, 0.3) is 0 Å². The van der Waals surface area contributed by atoms with Crippen molar-refractivity contribution in [3.63, 3.8) is 0 Å². The Balaban J connectivity index is 1.51. The molecule has 194 valence electrons. The number of aliphatic imine (C=N–C) groups is 1. The molecule has 0 bridgehead atoms. The summed E-state index contributed by atoms with van der Waals surface area (Å²) in [4.78, 5) is 30.7. The van der Waals surface area contributed by atoms with Gasteiger partial charge < -0.3 is 10.2 Å². The van der Waals surface area contributed by atoms with Crippen LogP contribution in [0.3, 0.4) is 0 Å². The molecule has 2 aromatic rings. The van der Waals surface area contributed by atoms with Crippen LogP contribution in [0.2, 0.25) is 5.02 Å². The Morgan fingerprint density at radius 1 is 1.06 bits per heavy atom. The smallest absolute Gasteiger partial charge is 0.273 e. The van der Waals surface area contributed by atoms with Crippen molar-refractivity contribution < 1.29 is 9.72 Å². The highest BCUT2D eigenvalue weighted by Crippen LogP contribution is 2.18. The van der Waals surface area contributed by atoms with Gasteiger partial charge in [-0.3, -0.25) is 19.9 Å². The van der Waals surface area contributed by atoms with E-state index in [4.69, 9.17) is 11.6 Å². The molecule has 0 unspecified atom stereocenters. The number of amides is 1. The first-order chi connectivity index (χ1) is 17.5. The van der Waals surface area contributed by atoms with Crippen molar-refractivity contribution in [1.29, 1.82) is 0 Å². The topological polar surface area (TPSA) is 87.8 Å². The van der Waals surface area contributed by atoms with Crippen molar-refractivity contribution >= 4 is 40.1 Å². The van der Waals surface area contributed by atoms with E-state index in [0.29, 0.717) is 17.3 Å². The molecule has 1 saturated heterocycles. The Labute approximate surface area is 222 Å². The molecule has 0 aromatic heterocycles. The van der Waals surface area contributed by atoms with Crippen molar-refractivity contribution in [2.75, 3.05) is 31.9 Å². The van der Waals surface area contributed by atoms with Crippen LogP contribution in [0, 0.1) is 10.1 Å². The molecule has 1 aliphatic rings. The van der Waals surface area contributed by atoms with Gasteiger partial charge in [0.05, 0.1) is 11.3 Å². The van der Waals surface area contributed by atoms with E-state index >= 15 is 0 Å². The highest BCUT2D eigenvalue weighted by atomic mass is 35.5. The minimum atomic E-state index is -0.451. The summed E-state index contributed by atoms with van der Waals surface area (Å²) >= 11 is 7.51. The van der Waals surface area contributed by atoms with Gasteiger partial charge in [-0.15, -0.1) is 0 Å². The number of thioether (sulfide) groups is 1. The third kappa shape index (κ3) is 10.3. The predicted octanol–water partition coefficient (Wildman–Crippen LogP) is 5.90. The van der Waals surface area contributed by atoms with Crippen LogP contribution in [0.1, 0.15) is 49.7 Å². The highest BCUT2D eigenvalue weighted by molar-refractivity contribution is 8.13. The largest absolute Gasteiger partial charge is 0.305 e. The zero-order valence-corrected chi connectivity index (χ0v) is 22.2. The van der Waals surface area contributed by atoms with Crippen LogP contribution in [0.5, 0.6) is 0 Å². The van der Waals surface area contributed by atoms with E-state index in [1.807, 2.05) is 24.3 Å². The molecule has 0 radical (unpaired) electrons. The van der Waals surface area contributed by atoms with Gasteiger partial charge in [-0.2, -0.15) is 0 Å². The van der Waals surface area contributed by atoms with Gasteiger partial charge >= 0.3 is 0 Å². The maximum absolute atomic E-state index is 12.7. The lowest BCUT2D eigenvalue weighted by molar-refractivity contribution is -0.385. The zero-order valence-electron chi connectivity index (χ0n) is 20.7. The number of hydrogen-bond donors (Lipinski definition) is 1. The van der Waals surface area contributed by atoms with E-state index in [2.05, 4.69) is 15.2 Å². The summed E-state index contributed by atoms with van der Waals surface area (Å²) in [5.74, 6) is 0.582. The number of nitro groups is 1. The molecule has 0 spiro atoms. The lowest BCUT2D eigenvalue weighted by Crippen LogP contribution is -2.32. The first-order valence-electron chi connectivity index (χ1n) is 12.7. The average molecular weight is 531 g/mol. The Kier molecular flexibility index (Phi) is 12.2. The van der Waals surface area contributed by atoms with E-state index in [0.717, 1.165) is 43.0 Å². The van der Waals surface area contributed by atoms with E-state index in [1.165, 1.54) is 44.0 Å². The maximum atomic E-state index is 12.7. The van der Waals surface area contributed by atoms with Gasteiger partial charge in [0.25, 0.3) is 5.69 Å². The highest BCUT2D eigenvalue weighted by Gasteiger charge is 2.17. The summed E-state index contributed by atoms with van der Waals surface area (Å²) in [7, 11) is 0. The summed E-state index contributed by atoms with van der Waals surface area (Å²) in [6.45, 7) is 4.02. The minimum absolute atomic E-state index is 0.0393. The fraction of sp³-hybridized carbons (Fsp3) is 0.481. The second-order valence-electron chi connectivity index (χ2n) is 8.99. The Bertz CT molecular complexity index is 1010. The number of nitrogens with one attached hydrogen (secondary N) is 1. The third-order valence-electron chi connectivity index (χ3n) is 6.13. The number of amidine groups is 1. The third-order valence-corrected chi connectivity index (χ3v) is 7.38. The van der Waals surface area contributed by atoms with E-state index in [9.17, 15) is 14.9 Å². The van der Waals surface area contributed by atoms with Crippen LogP contribution in [0.4, 0.5) is 5.69 Å². The Morgan fingerprint density at radius 2 is 1.81 bits per heavy atom. The lowest BCUT2D eigenvalue weighted by atomic mass is 10.1. The molecule has 1 heterocycles. The minimum Gasteiger partial charge on any atom is -0.305 e. The first kappa shape index (κ1) is 28.2. The van der Waals surface area contributed by atoms with Crippen LogP contribution >= 0.6 is 23.4 Å². The SMILES string of the molecule is O=C(Cc1ccccc1[N+](=O)[O-])NC(=NCCCCc1ccc(Cl)cc1)SCCCN1CCCCC1. The van der Waals surface area contributed by atoms with Gasteiger partial charge in [-0.05, 0) is 75.9 Å². The van der Waals surface area contributed by atoms with Crippen molar-refractivity contribution in [3.05, 3.63) is 74.8 Å². The standard InChI is InChI=1S/C27H35ClN4O3S/c28-24-14-12-22(13-15-24)9-4-5-16-29-27(36-20-8-19-31-17-6-1-7-18-31)30-26(33)21-23-10-2-3-11-25(23)32(34)35/h2-3,10-15H,1,4-9,16-21H2,(H,29,30,33). The quantitative estimate of drug-likeness (QED) is 0.121. The van der Waals surface area contributed by atoms with E-state index in [1.54, 1.807) is 30.0 Å². The van der Waals surface area contributed by atoms with Gasteiger partial charge in [-0.25, -0.2) is 0 Å². The number of benzene rings is 2. The van der Waals surface area contributed by atoms with Crippen molar-refractivity contribution in [3.8, 4) is 0 Å². The zero-order chi connectivity index (χ0) is 25.6. The van der Waals surface area contributed by atoms with E-state index in [-0.39, 0.29) is 18.0 Å². The van der Waals surface area contributed by atoms with Crippen LogP contribution in [-0.2, 0) is 17.6 Å². The van der Waals surface area contributed by atoms with Crippen LogP contribution < -0.4 is 5.32 Å². The predicted molar refractivity (Wildman–Crippen MR) is 149 cm³/mol. The number of nitrogens with zero attached hydrogens (tertiary/aromatic N) is 3. The number of carbonyl (C=O) groups is 1. The Morgan fingerprint density at radius 3 is 2.56 bits per heavy atom. The van der Waals surface area contributed by atoms with E-state index < -0.39 is 4.92 Å². The average Bonchev–Trinajstić information content (AvgIpc) is 2.88.